The Bertz CT molecular complexity index is 822. The van der Waals surface area contributed by atoms with Crippen molar-refractivity contribution in [2.45, 2.75) is 33.1 Å². The third-order valence-corrected chi connectivity index (χ3v) is 5.75. The van der Waals surface area contributed by atoms with Crippen LogP contribution in [0, 0.1) is 0 Å². The fourth-order valence-corrected chi connectivity index (χ4v) is 3.61. The molecule has 1 heterocycles. The quantitative estimate of drug-likeness (QED) is 0.718. The average molecular weight is 394 g/mol. The first-order valence-electron chi connectivity index (χ1n) is 10.4. The first kappa shape index (κ1) is 21.1. The molecule has 1 fully saturated rings. The van der Waals surface area contributed by atoms with E-state index < -0.39 is 0 Å². The van der Waals surface area contributed by atoms with Gasteiger partial charge in [0.15, 0.2) is 5.78 Å². The number of carbonyl (C=O) groups is 2. The zero-order valence-electron chi connectivity index (χ0n) is 17.6. The molecule has 0 saturated carbocycles. The summed E-state index contributed by atoms with van der Waals surface area (Å²) in [5.74, 6) is 0.650. The van der Waals surface area contributed by atoms with Gasteiger partial charge in [0.05, 0.1) is 6.54 Å². The molecule has 1 saturated heterocycles. The molecule has 2 aromatic rings. The molecule has 1 unspecified atom stereocenters. The van der Waals surface area contributed by atoms with E-state index in [9.17, 15) is 9.59 Å². The van der Waals surface area contributed by atoms with Gasteiger partial charge in [-0.2, -0.15) is 0 Å². The van der Waals surface area contributed by atoms with Crippen molar-refractivity contribution in [3.8, 4) is 0 Å². The molecule has 3 rings (SSSR count). The summed E-state index contributed by atoms with van der Waals surface area (Å²) < 4.78 is 0. The maximum absolute atomic E-state index is 12.4. The third-order valence-electron chi connectivity index (χ3n) is 5.75. The Kier molecular flexibility index (Phi) is 7.04. The standard InChI is InChI=1S/C24H31N3O2/c1-4-18(2)20-5-9-22(10-6-20)25-24(29)17-26-13-15-27(16-14-26)23-11-7-21(8-12-23)19(3)28/h5-12,18H,4,13-17H2,1-3H3,(H,25,29). The van der Waals surface area contributed by atoms with Crippen molar-refractivity contribution in [3.63, 3.8) is 0 Å². The lowest BCUT2D eigenvalue weighted by molar-refractivity contribution is -0.117. The number of anilines is 2. The van der Waals surface area contributed by atoms with Gasteiger partial charge >= 0.3 is 0 Å². The van der Waals surface area contributed by atoms with E-state index in [1.54, 1.807) is 6.92 Å². The van der Waals surface area contributed by atoms with Crippen molar-refractivity contribution in [2.75, 3.05) is 42.9 Å². The monoisotopic (exact) mass is 393 g/mol. The molecule has 154 valence electrons. The lowest BCUT2D eigenvalue weighted by atomic mass is 9.99. The topological polar surface area (TPSA) is 52.7 Å². The fourth-order valence-electron chi connectivity index (χ4n) is 3.61. The molecule has 1 aliphatic heterocycles. The number of nitrogens with one attached hydrogen (secondary N) is 1. The van der Waals surface area contributed by atoms with E-state index in [0.717, 1.165) is 49.5 Å². The van der Waals surface area contributed by atoms with Crippen LogP contribution in [0.25, 0.3) is 0 Å². The number of Topliss-reactive ketones (excluding diaryl/α,β-unsaturated/α-hetero) is 1. The number of ketones is 1. The summed E-state index contributed by atoms with van der Waals surface area (Å²) >= 11 is 0. The lowest BCUT2D eigenvalue weighted by Gasteiger charge is -2.35. The SMILES string of the molecule is CCC(C)c1ccc(NC(=O)CN2CCN(c3ccc(C(C)=O)cc3)CC2)cc1. The summed E-state index contributed by atoms with van der Waals surface area (Å²) in [6.45, 7) is 9.81. The predicted molar refractivity (Wildman–Crippen MR) is 119 cm³/mol. The molecule has 1 aliphatic rings. The number of hydrogen-bond donors (Lipinski definition) is 1. The molecular weight excluding hydrogens is 362 g/mol. The van der Waals surface area contributed by atoms with Gasteiger partial charge in [-0.25, -0.2) is 0 Å². The minimum atomic E-state index is 0.0283. The summed E-state index contributed by atoms with van der Waals surface area (Å²) in [7, 11) is 0. The Hall–Kier alpha value is -2.66. The highest BCUT2D eigenvalue weighted by Gasteiger charge is 2.19. The number of amides is 1. The molecule has 1 N–H and O–H groups in total. The normalized spacial score (nSPS) is 15.8. The largest absolute Gasteiger partial charge is 0.369 e. The van der Waals surface area contributed by atoms with Gasteiger partial charge < -0.3 is 10.2 Å². The highest BCUT2D eigenvalue weighted by atomic mass is 16.2. The minimum absolute atomic E-state index is 0.0283. The van der Waals surface area contributed by atoms with E-state index in [0.29, 0.717) is 12.5 Å². The number of carbonyl (C=O) groups excluding carboxylic acids is 2. The zero-order chi connectivity index (χ0) is 20.8. The number of hydrogen-bond acceptors (Lipinski definition) is 4. The van der Waals surface area contributed by atoms with Gasteiger partial charge in [-0.1, -0.05) is 26.0 Å². The number of rotatable bonds is 7. The predicted octanol–water partition coefficient (Wildman–Crippen LogP) is 4.16. The Balaban J connectivity index is 1.46. The van der Waals surface area contributed by atoms with E-state index in [2.05, 4.69) is 41.1 Å². The van der Waals surface area contributed by atoms with Crippen LogP contribution >= 0.6 is 0 Å². The van der Waals surface area contributed by atoms with Crippen molar-refractivity contribution in [2.24, 2.45) is 0 Å². The second-order valence-corrected chi connectivity index (χ2v) is 7.85. The first-order valence-corrected chi connectivity index (χ1v) is 10.4. The van der Waals surface area contributed by atoms with Gasteiger partial charge in [-0.05, 0) is 61.2 Å². The number of nitrogens with zero attached hydrogens (tertiary/aromatic N) is 2. The molecule has 2 aromatic carbocycles. The Morgan fingerprint density at radius 3 is 2.14 bits per heavy atom. The second kappa shape index (κ2) is 9.70. The van der Waals surface area contributed by atoms with Gasteiger partial charge in [0.1, 0.15) is 0 Å². The average Bonchev–Trinajstić information content (AvgIpc) is 2.74. The first-order chi connectivity index (χ1) is 14.0. The van der Waals surface area contributed by atoms with E-state index in [-0.39, 0.29) is 11.7 Å². The molecule has 0 spiro atoms. The molecule has 5 nitrogen and oxygen atoms in total. The molecule has 1 amide bonds. The molecule has 29 heavy (non-hydrogen) atoms. The van der Waals surface area contributed by atoms with Crippen molar-refractivity contribution in [3.05, 3.63) is 59.7 Å². The smallest absolute Gasteiger partial charge is 0.238 e. The van der Waals surface area contributed by atoms with Gasteiger partial charge in [-0.3, -0.25) is 14.5 Å². The van der Waals surface area contributed by atoms with E-state index >= 15 is 0 Å². The lowest BCUT2D eigenvalue weighted by Crippen LogP contribution is -2.48. The molecule has 0 aromatic heterocycles. The van der Waals surface area contributed by atoms with Gasteiger partial charge in [0, 0.05) is 43.1 Å². The van der Waals surface area contributed by atoms with Crippen molar-refractivity contribution in [1.82, 2.24) is 4.90 Å². The van der Waals surface area contributed by atoms with E-state index in [1.165, 1.54) is 5.56 Å². The molecule has 0 radical (unpaired) electrons. The zero-order valence-corrected chi connectivity index (χ0v) is 17.6. The van der Waals surface area contributed by atoms with Crippen molar-refractivity contribution < 1.29 is 9.59 Å². The van der Waals surface area contributed by atoms with Crippen LogP contribution in [0.1, 0.15) is 49.0 Å². The van der Waals surface area contributed by atoms with Gasteiger partial charge in [0.2, 0.25) is 5.91 Å². The van der Waals surface area contributed by atoms with E-state index in [4.69, 9.17) is 0 Å². The fraction of sp³-hybridized carbons (Fsp3) is 0.417. The summed E-state index contributed by atoms with van der Waals surface area (Å²) in [6.07, 6.45) is 1.11. The van der Waals surface area contributed by atoms with Crippen LogP contribution in [0.3, 0.4) is 0 Å². The highest BCUT2D eigenvalue weighted by Crippen LogP contribution is 2.21. The number of piperazine rings is 1. The van der Waals surface area contributed by atoms with Crippen LogP contribution in [0.2, 0.25) is 0 Å². The Morgan fingerprint density at radius 1 is 0.966 bits per heavy atom. The maximum Gasteiger partial charge on any atom is 0.238 e. The summed E-state index contributed by atoms with van der Waals surface area (Å²) in [5.41, 5.74) is 4.02. The minimum Gasteiger partial charge on any atom is -0.369 e. The van der Waals surface area contributed by atoms with Crippen LogP contribution in [0.4, 0.5) is 11.4 Å². The van der Waals surface area contributed by atoms with Crippen molar-refractivity contribution >= 4 is 23.1 Å². The van der Waals surface area contributed by atoms with Crippen LogP contribution < -0.4 is 10.2 Å². The molecule has 0 bridgehead atoms. The summed E-state index contributed by atoms with van der Waals surface area (Å²) in [6, 6.07) is 15.9. The highest BCUT2D eigenvalue weighted by molar-refractivity contribution is 5.94. The van der Waals surface area contributed by atoms with Crippen LogP contribution in [-0.4, -0.2) is 49.3 Å². The Morgan fingerprint density at radius 2 is 1.59 bits per heavy atom. The third kappa shape index (κ3) is 5.67. The van der Waals surface area contributed by atoms with Gasteiger partial charge in [-0.15, -0.1) is 0 Å². The maximum atomic E-state index is 12.4. The second-order valence-electron chi connectivity index (χ2n) is 7.85. The Labute approximate surface area is 173 Å². The van der Waals surface area contributed by atoms with Crippen LogP contribution in [-0.2, 0) is 4.79 Å². The summed E-state index contributed by atoms with van der Waals surface area (Å²) in [5, 5.41) is 3.01. The van der Waals surface area contributed by atoms with Gasteiger partial charge in [0.25, 0.3) is 0 Å². The van der Waals surface area contributed by atoms with E-state index in [1.807, 2.05) is 36.4 Å². The molecule has 1 atom stereocenters. The summed E-state index contributed by atoms with van der Waals surface area (Å²) in [4.78, 5) is 28.3. The molecule has 5 heteroatoms. The molecule has 0 aliphatic carbocycles. The van der Waals surface area contributed by atoms with Crippen LogP contribution in [0.5, 0.6) is 0 Å². The number of benzene rings is 2. The molecular formula is C24H31N3O2. The van der Waals surface area contributed by atoms with Crippen molar-refractivity contribution in [1.29, 1.82) is 0 Å². The van der Waals surface area contributed by atoms with Crippen LogP contribution in [0.15, 0.2) is 48.5 Å².